The Bertz CT molecular complexity index is 3240. The fraction of sp³-hybridized carbons (Fsp3) is 0.250. The van der Waals surface area contributed by atoms with Crippen molar-refractivity contribution in [3.8, 4) is 22.3 Å². The molecule has 3 heteroatoms. The van der Waals surface area contributed by atoms with Gasteiger partial charge in [0.1, 0.15) is 11.2 Å². The van der Waals surface area contributed by atoms with Crippen LogP contribution >= 0.6 is 11.3 Å². The number of furan rings is 1. The second-order valence-corrected chi connectivity index (χ2v) is 21.3. The highest BCUT2D eigenvalue weighted by Crippen LogP contribution is 2.58. The van der Waals surface area contributed by atoms with Gasteiger partial charge in [0.2, 0.25) is 0 Å². The number of para-hydroxylation sites is 1. The molecule has 9 aromatic rings. The fourth-order valence-corrected chi connectivity index (χ4v) is 11.9. The van der Waals surface area contributed by atoms with E-state index in [1.165, 1.54) is 81.5 Å². The van der Waals surface area contributed by atoms with Crippen LogP contribution in [0.5, 0.6) is 0 Å². The Morgan fingerprint density at radius 3 is 1.97 bits per heavy atom. The zero-order valence-corrected chi connectivity index (χ0v) is 36.7. The third kappa shape index (κ3) is 5.10. The topological polar surface area (TPSA) is 16.4 Å². The summed E-state index contributed by atoms with van der Waals surface area (Å²) in [6.45, 7) is 23.7. The van der Waals surface area contributed by atoms with Crippen molar-refractivity contribution in [1.29, 1.82) is 0 Å². The average molecular weight is 786 g/mol. The highest BCUT2D eigenvalue weighted by atomic mass is 32.1. The predicted octanol–water partition coefficient (Wildman–Crippen LogP) is 16.6. The predicted molar refractivity (Wildman–Crippen MR) is 254 cm³/mol. The Morgan fingerprint density at radius 2 is 1.17 bits per heavy atom. The largest absolute Gasteiger partial charge is 0.456 e. The monoisotopic (exact) mass is 785 g/mol. The van der Waals surface area contributed by atoms with E-state index in [4.69, 9.17) is 4.42 Å². The fourth-order valence-electron chi connectivity index (χ4n) is 10.5. The minimum atomic E-state index is -0.198. The molecular weight excluding hydrogens is 735 g/mol. The van der Waals surface area contributed by atoms with Gasteiger partial charge in [-0.2, -0.15) is 0 Å². The molecule has 0 N–H and O–H groups in total. The van der Waals surface area contributed by atoms with Gasteiger partial charge in [-0.1, -0.05) is 142 Å². The number of fused-ring (bicyclic) bond motifs is 12. The second-order valence-electron chi connectivity index (χ2n) is 20.2. The molecule has 59 heavy (non-hydrogen) atoms. The molecule has 0 spiro atoms. The summed E-state index contributed by atoms with van der Waals surface area (Å²) in [5.41, 5.74) is 18.6. The van der Waals surface area contributed by atoms with Crippen LogP contribution in [0, 0.1) is 0 Å². The van der Waals surface area contributed by atoms with Gasteiger partial charge in [0.05, 0.1) is 16.8 Å². The van der Waals surface area contributed by atoms with Crippen molar-refractivity contribution >= 4 is 70.5 Å². The smallest absolute Gasteiger partial charge is 0.137 e. The van der Waals surface area contributed by atoms with E-state index in [9.17, 15) is 0 Å². The molecule has 0 aliphatic heterocycles. The van der Waals surface area contributed by atoms with Crippen molar-refractivity contribution in [2.75, 3.05) is 4.90 Å². The second kappa shape index (κ2) is 12.0. The lowest BCUT2D eigenvalue weighted by molar-refractivity contribution is 0.573. The van der Waals surface area contributed by atoms with Gasteiger partial charge in [-0.05, 0) is 115 Å². The summed E-state index contributed by atoms with van der Waals surface area (Å²) in [7, 11) is 0. The van der Waals surface area contributed by atoms with E-state index >= 15 is 0 Å². The van der Waals surface area contributed by atoms with Crippen molar-refractivity contribution in [3.05, 3.63) is 161 Å². The third-order valence-electron chi connectivity index (χ3n) is 13.7. The first-order valence-corrected chi connectivity index (χ1v) is 22.0. The third-order valence-corrected chi connectivity index (χ3v) is 14.9. The molecule has 2 aliphatic carbocycles. The molecule has 0 amide bonds. The lowest BCUT2D eigenvalue weighted by Crippen LogP contribution is -2.17. The van der Waals surface area contributed by atoms with E-state index in [0.29, 0.717) is 0 Å². The van der Waals surface area contributed by atoms with Crippen molar-refractivity contribution in [2.45, 2.75) is 90.9 Å². The van der Waals surface area contributed by atoms with Crippen LogP contribution in [0.2, 0.25) is 0 Å². The van der Waals surface area contributed by atoms with E-state index in [1.54, 1.807) is 0 Å². The van der Waals surface area contributed by atoms with Gasteiger partial charge in [0.15, 0.2) is 0 Å². The Morgan fingerprint density at radius 1 is 0.508 bits per heavy atom. The van der Waals surface area contributed by atoms with Crippen molar-refractivity contribution in [3.63, 3.8) is 0 Å². The molecule has 7 aromatic carbocycles. The van der Waals surface area contributed by atoms with E-state index in [-0.39, 0.29) is 21.7 Å². The molecule has 0 saturated carbocycles. The average Bonchev–Trinajstić information content (AvgIpc) is 3.89. The van der Waals surface area contributed by atoms with Crippen LogP contribution in [0.1, 0.15) is 103 Å². The maximum absolute atomic E-state index is 6.57. The highest BCUT2D eigenvalue weighted by Gasteiger charge is 2.40. The van der Waals surface area contributed by atoms with Gasteiger partial charge >= 0.3 is 0 Å². The molecule has 292 valence electrons. The number of rotatable bonds is 3. The van der Waals surface area contributed by atoms with Crippen molar-refractivity contribution in [1.82, 2.24) is 0 Å². The van der Waals surface area contributed by atoms with Crippen LogP contribution in [0.4, 0.5) is 17.1 Å². The summed E-state index contributed by atoms with van der Waals surface area (Å²) in [5, 5.41) is 4.98. The van der Waals surface area contributed by atoms with Gasteiger partial charge in [-0.15, -0.1) is 11.3 Å². The SMILES string of the molecule is CC(C)(C)c1cc(C(C)(C)C)c2sc3cc4c(cc3c2c1)-c1c(N(c2ccc3c(c2)C(C)(C)c2ccccc2-3)c2cccc3oc5ccccc5c23)cccc1C4(C)C. The lowest BCUT2D eigenvalue weighted by Gasteiger charge is -2.31. The minimum Gasteiger partial charge on any atom is -0.456 e. The van der Waals surface area contributed by atoms with Crippen molar-refractivity contribution in [2.24, 2.45) is 0 Å². The van der Waals surface area contributed by atoms with Gasteiger partial charge < -0.3 is 9.32 Å². The van der Waals surface area contributed by atoms with Crippen LogP contribution < -0.4 is 4.90 Å². The zero-order chi connectivity index (χ0) is 41.0. The molecule has 0 radical (unpaired) electrons. The number of hydrogen-bond acceptors (Lipinski definition) is 3. The number of nitrogens with zero attached hydrogens (tertiary/aromatic N) is 1. The lowest BCUT2D eigenvalue weighted by atomic mass is 9.79. The standard InChI is InChI=1S/C56H51NOS/c1-53(2,3)32-27-38-37-30-39-43(31-49(37)59-52(38)44(28-32)54(4,5)6)56(9,10)41-20-15-21-45(50(39)41)57(46-22-16-24-48-51(46)36-18-12-14-23-47(36)58-48)33-25-26-35-34-17-11-13-19-40(34)55(7,8)42(35)29-33/h11-31H,1-10H3. The quantitative estimate of drug-likeness (QED) is 0.177. The van der Waals surface area contributed by atoms with Crippen LogP contribution in [0.15, 0.2) is 132 Å². The number of benzene rings is 7. The Kier molecular flexibility index (Phi) is 7.40. The van der Waals surface area contributed by atoms with E-state index in [0.717, 1.165) is 33.3 Å². The number of anilines is 3. The minimum absolute atomic E-state index is 0.0206. The molecule has 2 heterocycles. The molecule has 11 rings (SSSR count). The maximum atomic E-state index is 6.57. The Balaban J connectivity index is 1.22. The number of hydrogen-bond donors (Lipinski definition) is 0. The zero-order valence-electron chi connectivity index (χ0n) is 35.9. The van der Waals surface area contributed by atoms with Crippen LogP contribution in [0.25, 0.3) is 64.4 Å². The number of thiophene rings is 1. The van der Waals surface area contributed by atoms with Crippen LogP contribution in [0.3, 0.4) is 0 Å². The first-order chi connectivity index (χ1) is 28.0. The Hall–Kier alpha value is -5.64. The molecule has 2 aromatic heterocycles. The van der Waals surface area contributed by atoms with Gasteiger partial charge in [-0.3, -0.25) is 0 Å². The summed E-state index contributed by atoms with van der Waals surface area (Å²) in [5.74, 6) is 0. The van der Waals surface area contributed by atoms with E-state index in [1.807, 2.05) is 11.3 Å². The molecule has 0 fully saturated rings. The summed E-state index contributed by atoms with van der Waals surface area (Å²) in [4.78, 5) is 2.54. The molecular formula is C56H51NOS. The first kappa shape index (κ1) is 36.4. The normalized spacial score (nSPS) is 15.2. The van der Waals surface area contributed by atoms with E-state index in [2.05, 4.69) is 202 Å². The molecule has 2 nitrogen and oxygen atoms in total. The van der Waals surface area contributed by atoms with Gasteiger partial charge in [0, 0.05) is 47.6 Å². The van der Waals surface area contributed by atoms with Crippen LogP contribution in [-0.4, -0.2) is 0 Å². The summed E-state index contributed by atoms with van der Waals surface area (Å²) in [6, 6.07) is 48.2. The molecule has 0 saturated heterocycles. The van der Waals surface area contributed by atoms with Gasteiger partial charge in [0.25, 0.3) is 0 Å². The first-order valence-electron chi connectivity index (χ1n) is 21.2. The Labute approximate surface area is 352 Å². The summed E-state index contributed by atoms with van der Waals surface area (Å²) in [6.07, 6.45) is 0. The molecule has 0 unspecified atom stereocenters. The maximum Gasteiger partial charge on any atom is 0.137 e. The van der Waals surface area contributed by atoms with Crippen LogP contribution in [-0.2, 0) is 21.7 Å². The van der Waals surface area contributed by atoms with Crippen molar-refractivity contribution < 1.29 is 4.42 Å². The molecule has 0 bridgehead atoms. The summed E-state index contributed by atoms with van der Waals surface area (Å²) >= 11 is 1.97. The van der Waals surface area contributed by atoms with Gasteiger partial charge in [-0.25, -0.2) is 0 Å². The van der Waals surface area contributed by atoms with E-state index < -0.39 is 0 Å². The molecule has 0 atom stereocenters. The molecule has 2 aliphatic rings. The summed E-state index contributed by atoms with van der Waals surface area (Å²) < 4.78 is 9.35. The highest BCUT2D eigenvalue weighted by molar-refractivity contribution is 7.26.